The molecule has 1 aliphatic rings. The summed E-state index contributed by atoms with van der Waals surface area (Å²) in [4.78, 5) is 0. The molecule has 3 N–H and O–H groups in total. The fourth-order valence-corrected chi connectivity index (χ4v) is 1.27. The molecular formula is C7H14O4. The van der Waals surface area contributed by atoms with Crippen molar-refractivity contribution in [1.29, 1.82) is 0 Å². The van der Waals surface area contributed by atoms with Crippen molar-refractivity contribution in [2.75, 3.05) is 0 Å². The molecule has 1 rings (SSSR count). The van der Waals surface area contributed by atoms with E-state index in [9.17, 15) is 5.11 Å². The van der Waals surface area contributed by atoms with Gasteiger partial charge in [-0.15, -0.1) is 0 Å². The van der Waals surface area contributed by atoms with E-state index in [-0.39, 0.29) is 6.42 Å². The summed E-state index contributed by atoms with van der Waals surface area (Å²) in [5, 5.41) is 27.4. The molecule has 0 aromatic heterocycles. The van der Waals surface area contributed by atoms with Crippen LogP contribution >= 0.6 is 0 Å². The van der Waals surface area contributed by atoms with Crippen molar-refractivity contribution >= 4 is 0 Å². The van der Waals surface area contributed by atoms with Crippen LogP contribution in [0.4, 0.5) is 0 Å². The molecule has 0 aromatic carbocycles. The predicted molar refractivity (Wildman–Crippen MR) is 37.8 cm³/mol. The van der Waals surface area contributed by atoms with Crippen LogP contribution in [0.1, 0.15) is 19.8 Å². The number of rotatable bonds is 1. The highest BCUT2D eigenvalue weighted by atomic mass is 16.6. The lowest BCUT2D eigenvalue weighted by molar-refractivity contribution is -0.232. The Labute approximate surface area is 65.4 Å². The normalized spacial score (nSPS) is 45.8. The Hall–Kier alpha value is -0.160. The van der Waals surface area contributed by atoms with Gasteiger partial charge in [0.2, 0.25) is 0 Å². The Morgan fingerprint density at radius 2 is 2.00 bits per heavy atom. The lowest BCUT2D eigenvalue weighted by atomic mass is 10.00. The van der Waals surface area contributed by atoms with Gasteiger partial charge >= 0.3 is 0 Å². The molecule has 4 nitrogen and oxygen atoms in total. The second-order valence-corrected chi connectivity index (χ2v) is 2.83. The summed E-state index contributed by atoms with van der Waals surface area (Å²) >= 11 is 0. The zero-order valence-corrected chi connectivity index (χ0v) is 6.47. The first-order valence-corrected chi connectivity index (χ1v) is 3.84. The zero-order valence-electron chi connectivity index (χ0n) is 6.47. The SMILES string of the molecule is CC[C@H]1O[C@@H](O)C[C@@H](O)[C@H]1O. The summed E-state index contributed by atoms with van der Waals surface area (Å²) < 4.78 is 4.96. The van der Waals surface area contributed by atoms with Gasteiger partial charge in [0.1, 0.15) is 6.10 Å². The third-order valence-corrected chi connectivity index (χ3v) is 1.95. The summed E-state index contributed by atoms with van der Waals surface area (Å²) in [6, 6.07) is 0. The molecule has 0 bridgehead atoms. The van der Waals surface area contributed by atoms with Gasteiger partial charge in [-0.05, 0) is 6.42 Å². The standard InChI is InChI=1S/C7H14O4/c1-2-5-7(10)4(8)3-6(9)11-5/h4-10H,2-3H2,1H3/t4-,5-,6-,7-/m1/s1. The molecule has 0 spiro atoms. The van der Waals surface area contributed by atoms with Gasteiger partial charge in [0.15, 0.2) is 6.29 Å². The monoisotopic (exact) mass is 162 g/mol. The average Bonchev–Trinajstić information content (AvgIpc) is 1.96. The van der Waals surface area contributed by atoms with Crippen LogP contribution in [0.5, 0.6) is 0 Å². The Balaban J connectivity index is 2.51. The Bertz CT molecular complexity index is 128. The summed E-state index contributed by atoms with van der Waals surface area (Å²) in [7, 11) is 0. The van der Waals surface area contributed by atoms with Crippen LogP contribution in [-0.2, 0) is 4.74 Å². The number of aliphatic hydroxyl groups excluding tert-OH is 3. The minimum Gasteiger partial charge on any atom is -0.390 e. The van der Waals surface area contributed by atoms with Gasteiger partial charge in [0, 0.05) is 6.42 Å². The maximum Gasteiger partial charge on any atom is 0.157 e. The third-order valence-electron chi connectivity index (χ3n) is 1.95. The highest BCUT2D eigenvalue weighted by Crippen LogP contribution is 2.20. The van der Waals surface area contributed by atoms with Gasteiger partial charge in [0.25, 0.3) is 0 Å². The topological polar surface area (TPSA) is 69.9 Å². The average molecular weight is 162 g/mol. The van der Waals surface area contributed by atoms with E-state index in [2.05, 4.69) is 0 Å². The molecule has 1 aliphatic heterocycles. The molecule has 1 fully saturated rings. The third kappa shape index (κ3) is 1.90. The molecule has 0 amide bonds. The largest absolute Gasteiger partial charge is 0.390 e. The van der Waals surface area contributed by atoms with Crippen LogP contribution in [0.15, 0.2) is 0 Å². The van der Waals surface area contributed by atoms with Crippen LogP contribution in [-0.4, -0.2) is 39.9 Å². The maximum absolute atomic E-state index is 9.27. The summed E-state index contributed by atoms with van der Waals surface area (Å²) in [6.45, 7) is 1.83. The minimum atomic E-state index is -0.932. The van der Waals surface area contributed by atoms with E-state index in [4.69, 9.17) is 14.9 Å². The predicted octanol–water partition coefficient (Wildman–Crippen LogP) is -0.774. The van der Waals surface area contributed by atoms with Crippen molar-refractivity contribution in [2.24, 2.45) is 0 Å². The quantitative estimate of drug-likeness (QED) is 0.473. The maximum atomic E-state index is 9.27. The molecule has 0 radical (unpaired) electrons. The molecule has 4 heteroatoms. The van der Waals surface area contributed by atoms with E-state index in [1.54, 1.807) is 0 Å². The molecule has 0 saturated carbocycles. The summed E-state index contributed by atoms with van der Waals surface area (Å²) in [5.41, 5.74) is 0. The van der Waals surface area contributed by atoms with Crippen molar-refractivity contribution in [2.45, 2.75) is 44.4 Å². The number of hydrogen-bond donors (Lipinski definition) is 3. The molecule has 1 saturated heterocycles. The summed E-state index contributed by atoms with van der Waals surface area (Å²) in [5.74, 6) is 0. The van der Waals surface area contributed by atoms with Crippen molar-refractivity contribution in [3.8, 4) is 0 Å². The molecule has 4 atom stereocenters. The van der Waals surface area contributed by atoms with Gasteiger partial charge in [-0.2, -0.15) is 0 Å². The molecule has 11 heavy (non-hydrogen) atoms. The van der Waals surface area contributed by atoms with Crippen LogP contribution in [0.3, 0.4) is 0 Å². The number of hydrogen-bond acceptors (Lipinski definition) is 4. The fraction of sp³-hybridized carbons (Fsp3) is 1.00. The van der Waals surface area contributed by atoms with E-state index >= 15 is 0 Å². The van der Waals surface area contributed by atoms with Gasteiger partial charge < -0.3 is 20.1 Å². The molecule has 66 valence electrons. The Morgan fingerprint density at radius 1 is 1.36 bits per heavy atom. The Kier molecular flexibility index (Phi) is 2.84. The van der Waals surface area contributed by atoms with E-state index < -0.39 is 24.6 Å². The van der Waals surface area contributed by atoms with Crippen LogP contribution in [0.2, 0.25) is 0 Å². The number of aliphatic hydroxyl groups is 3. The molecule has 0 unspecified atom stereocenters. The van der Waals surface area contributed by atoms with Crippen molar-refractivity contribution in [3.63, 3.8) is 0 Å². The molecule has 1 heterocycles. The second-order valence-electron chi connectivity index (χ2n) is 2.83. The molecule has 0 aliphatic carbocycles. The summed E-state index contributed by atoms with van der Waals surface area (Å²) in [6.07, 6.45) is -2.40. The highest BCUT2D eigenvalue weighted by Gasteiger charge is 2.34. The van der Waals surface area contributed by atoms with E-state index in [1.165, 1.54) is 0 Å². The molecule has 0 aromatic rings. The highest BCUT2D eigenvalue weighted by molar-refractivity contribution is 4.81. The van der Waals surface area contributed by atoms with Crippen molar-refractivity contribution in [3.05, 3.63) is 0 Å². The van der Waals surface area contributed by atoms with Crippen LogP contribution < -0.4 is 0 Å². The van der Waals surface area contributed by atoms with E-state index in [0.29, 0.717) is 6.42 Å². The minimum absolute atomic E-state index is 0.0949. The lowest BCUT2D eigenvalue weighted by Crippen LogP contribution is -2.47. The van der Waals surface area contributed by atoms with E-state index in [1.807, 2.05) is 6.92 Å². The number of ether oxygens (including phenoxy) is 1. The van der Waals surface area contributed by atoms with Crippen LogP contribution in [0, 0.1) is 0 Å². The lowest BCUT2D eigenvalue weighted by Gasteiger charge is -2.34. The first-order valence-electron chi connectivity index (χ1n) is 3.84. The zero-order chi connectivity index (χ0) is 8.43. The van der Waals surface area contributed by atoms with Crippen molar-refractivity contribution in [1.82, 2.24) is 0 Å². The van der Waals surface area contributed by atoms with Crippen LogP contribution in [0.25, 0.3) is 0 Å². The smallest absolute Gasteiger partial charge is 0.157 e. The fourth-order valence-electron chi connectivity index (χ4n) is 1.27. The van der Waals surface area contributed by atoms with Gasteiger partial charge in [-0.25, -0.2) is 0 Å². The van der Waals surface area contributed by atoms with Gasteiger partial charge in [-0.3, -0.25) is 0 Å². The molecular weight excluding hydrogens is 148 g/mol. The second kappa shape index (κ2) is 3.49. The van der Waals surface area contributed by atoms with Gasteiger partial charge in [0.05, 0.1) is 12.2 Å². The first-order chi connectivity index (χ1) is 5.15. The van der Waals surface area contributed by atoms with E-state index in [0.717, 1.165) is 0 Å². The Morgan fingerprint density at radius 3 is 2.55 bits per heavy atom. The first kappa shape index (κ1) is 8.93. The van der Waals surface area contributed by atoms with Gasteiger partial charge in [-0.1, -0.05) is 6.92 Å². The van der Waals surface area contributed by atoms with Crippen molar-refractivity contribution < 1.29 is 20.1 Å².